The molecule has 6 heteroatoms. The largest absolute Gasteiger partial charge is 0.391 e. The van der Waals surface area contributed by atoms with E-state index in [1.165, 1.54) is 18.2 Å². The van der Waals surface area contributed by atoms with Gasteiger partial charge in [-0.1, -0.05) is 11.6 Å². The van der Waals surface area contributed by atoms with E-state index in [2.05, 4.69) is 0 Å². The number of likely N-dealkylation sites (tertiary alicyclic amines) is 1. The van der Waals surface area contributed by atoms with Crippen molar-refractivity contribution < 1.29 is 14.3 Å². The molecule has 1 aromatic rings. The lowest BCUT2D eigenvalue weighted by Crippen LogP contribution is -2.41. The second-order valence-corrected chi connectivity index (χ2v) is 5.80. The zero-order valence-corrected chi connectivity index (χ0v) is 12.3. The molecule has 0 spiro atoms. The predicted octanol–water partition coefficient (Wildman–Crippen LogP) is 1.62. The SMILES string of the molecule is CN(C)CC1CC(O)CN1C(=O)c1ccc(F)c(Cl)c1. The van der Waals surface area contributed by atoms with Crippen molar-refractivity contribution in [3.63, 3.8) is 0 Å². The topological polar surface area (TPSA) is 43.8 Å². The Morgan fingerprint density at radius 1 is 1.55 bits per heavy atom. The molecule has 1 heterocycles. The summed E-state index contributed by atoms with van der Waals surface area (Å²) in [5.41, 5.74) is 0.342. The maximum absolute atomic E-state index is 13.1. The smallest absolute Gasteiger partial charge is 0.254 e. The molecule has 1 aliphatic rings. The van der Waals surface area contributed by atoms with Crippen molar-refractivity contribution in [1.82, 2.24) is 9.80 Å². The first kappa shape index (κ1) is 15.2. The number of likely N-dealkylation sites (N-methyl/N-ethyl adjacent to an activating group) is 1. The van der Waals surface area contributed by atoms with Crippen LogP contribution in [0.25, 0.3) is 0 Å². The first-order chi connectivity index (χ1) is 9.38. The molecule has 2 atom stereocenters. The minimum absolute atomic E-state index is 0.0451. The Labute approximate surface area is 122 Å². The Morgan fingerprint density at radius 3 is 2.85 bits per heavy atom. The van der Waals surface area contributed by atoms with Crippen molar-refractivity contribution in [2.45, 2.75) is 18.6 Å². The molecule has 2 unspecified atom stereocenters. The molecule has 1 aliphatic heterocycles. The summed E-state index contributed by atoms with van der Waals surface area (Å²) >= 11 is 5.71. The summed E-state index contributed by atoms with van der Waals surface area (Å²) in [6.45, 7) is 0.976. The van der Waals surface area contributed by atoms with Crippen LogP contribution < -0.4 is 0 Å². The number of β-amino-alcohol motifs (C(OH)–C–C–N with tert-alkyl or cyclic N) is 1. The number of benzene rings is 1. The highest BCUT2D eigenvalue weighted by molar-refractivity contribution is 6.31. The molecule has 110 valence electrons. The van der Waals surface area contributed by atoms with Crippen LogP contribution in [0.5, 0.6) is 0 Å². The molecule has 0 aromatic heterocycles. The van der Waals surface area contributed by atoms with Crippen LogP contribution in [0.2, 0.25) is 5.02 Å². The lowest BCUT2D eigenvalue weighted by Gasteiger charge is -2.27. The minimum atomic E-state index is -0.547. The van der Waals surface area contributed by atoms with Gasteiger partial charge in [-0.15, -0.1) is 0 Å². The Balaban J connectivity index is 2.19. The summed E-state index contributed by atoms with van der Waals surface area (Å²) in [6, 6.07) is 3.89. The summed E-state index contributed by atoms with van der Waals surface area (Å²) in [5, 5.41) is 9.71. The van der Waals surface area contributed by atoms with Gasteiger partial charge in [0.1, 0.15) is 5.82 Å². The van der Waals surface area contributed by atoms with Crippen molar-refractivity contribution in [3.05, 3.63) is 34.6 Å². The molecule has 1 fully saturated rings. The average Bonchev–Trinajstić information content (AvgIpc) is 2.72. The van der Waals surface area contributed by atoms with E-state index in [1.807, 2.05) is 19.0 Å². The van der Waals surface area contributed by atoms with Gasteiger partial charge in [-0.05, 0) is 38.7 Å². The van der Waals surface area contributed by atoms with Crippen LogP contribution >= 0.6 is 11.6 Å². The number of rotatable bonds is 3. The van der Waals surface area contributed by atoms with Crippen LogP contribution in [0.15, 0.2) is 18.2 Å². The molecular formula is C14H18ClFN2O2. The molecular weight excluding hydrogens is 283 g/mol. The lowest BCUT2D eigenvalue weighted by atomic mass is 10.1. The number of carbonyl (C=O) groups excluding carboxylic acids is 1. The van der Waals surface area contributed by atoms with Gasteiger partial charge in [-0.3, -0.25) is 4.79 Å². The average molecular weight is 301 g/mol. The quantitative estimate of drug-likeness (QED) is 0.922. The van der Waals surface area contributed by atoms with Crippen molar-refractivity contribution in [1.29, 1.82) is 0 Å². The van der Waals surface area contributed by atoms with Crippen LogP contribution in [0.3, 0.4) is 0 Å². The highest BCUT2D eigenvalue weighted by Crippen LogP contribution is 2.23. The van der Waals surface area contributed by atoms with Crippen molar-refractivity contribution in [2.75, 3.05) is 27.2 Å². The molecule has 0 bridgehead atoms. The van der Waals surface area contributed by atoms with E-state index in [0.29, 0.717) is 25.1 Å². The number of halogens is 2. The second kappa shape index (κ2) is 6.08. The van der Waals surface area contributed by atoms with Gasteiger partial charge in [0.25, 0.3) is 5.91 Å². The normalized spacial score (nSPS) is 22.6. The Kier molecular flexibility index (Phi) is 4.62. The maximum Gasteiger partial charge on any atom is 0.254 e. The fraction of sp³-hybridized carbons (Fsp3) is 0.500. The third-order valence-electron chi connectivity index (χ3n) is 3.40. The van der Waals surface area contributed by atoms with E-state index in [-0.39, 0.29) is 17.0 Å². The number of carbonyl (C=O) groups is 1. The molecule has 2 rings (SSSR count). The first-order valence-corrected chi connectivity index (χ1v) is 6.85. The molecule has 0 aliphatic carbocycles. The van der Waals surface area contributed by atoms with Crippen LogP contribution in [0, 0.1) is 5.82 Å². The van der Waals surface area contributed by atoms with Gasteiger partial charge < -0.3 is 14.9 Å². The molecule has 0 saturated carbocycles. The van der Waals surface area contributed by atoms with Gasteiger partial charge in [-0.25, -0.2) is 4.39 Å². The van der Waals surface area contributed by atoms with Gasteiger partial charge in [0, 0.05) is 24.7 Å². The molecule has 1 amide bonds. The Morgan fingerprint density at radius 2 is 2.25 bits per heavy atom. The fourth-order valence-corrected chi connectivity index (χ4v) is 2.71. The standard InChI is InChI=1S/C14H18ClFN2O2/c1-17(2)7-10-6-11(19)8-18(10)14(20)9-3-4-13(16)12(15)5-9/h3-5,10-11,19H,6-8H2,1-2H3. The number of hydrogen-bond acceptors (Lipinski definition) is 3. The molecule has 1 N–H and O–H groups in total. The van der Waals surface area contributed by atoms with E-state index in [0.717, 1.165) is 0 Å². The summed E-state index contributed by atoms with van der Waals surface area (Å²) in [4.78, 5) is 16.1. The highest BCUT2D eigenvalue weighted by atomic mass is 35.5. The molecule has 1 saturated heterocycles. The van der Waals surface area contributed by atoms with E-state index in [1.54, 1.807) is 4.90 Å². The monoisotopic (exact) mass is 300 g/mol. The second-order valence-electron chi connectivity index (χ2n) is 5.39. The third kappa shape index (κ3) is 3.29. The Bertz CT molecular complexity index is 510. The van der Waals surface area contributed by atoms with Crippen molar-refractivity contribution in [3.8, 4) is 0 Å². The summed E-state index contributed by atoms with van der Waals surface area (Å²) in [5.74, 6) is -0.773. The van der Waals surface area contributed by atoms with Crippen LogP contribution in [-0.4, -0.2) is 60.1 Å². The molecule has 20 heavy (non-hydrogen) atoms. The lowest BCUT2D eigenvalue weighted by molar-refractivity contribution is 0.0699. The van der Waals surface area contributed by atoms with Crippen LogP contribution in [-0.2, 0) is 0 Å². The number of aliphatic hydroxyl groups excluding tert-OH is 1. The van der Waals surface area contributed by atoms with Crippen LogP contribution in [0.4, 0.5) is 4.39 Å². The summed E-state index contributed by atoms with van der Waals surface area (Å²) < 4.78 is 13.1. The van der Waals surface area contributed by atoms with E-state index in [4.69, 9.17) is 11.6 Å². The highest BCUT2D eigenvalue weighted by Gasteiger charge is 2.35. The first-order valence-electron chi connectivity index (χ1n) is 6.47. The zero-order valence-electron chi connectivity index (χ0n) is 11.5. The number of nitrogens with zero attached hydrogens (tertiary/aromatic N) is 2. The zero-order chi connectivity index (χ0) is 14.9. The number of aliphatic hydroxyl groups is 1. The number of amides is 1. The fourth-order valence-electron chi connectivity index (χ4n) is 2.53. The van der Waals surface area contributed by atoms with Gasteiger partial charge in [0.15, 0.2) is 0 Å². The number of hydrogen-bond donors (Lipinski definition) is 1. The molecule has 1 aromatic carbocycles. The van der Waals surface area contributed by atoms with E-state index < -0.39 is 11.9 Å². The van der Waals surface area contributed by atoms with Crippen LogP contribution in [0.1, 0.15) is 16.8 Å². The van der Waals surface area contributed by atoms with E-state index >= 15 is 0 Å². The Hall–Kier alpha value is -1.17. The van der Waals surface area contributed by atoms with Gasteiger partial charge in [-0.2, -0.15) is 0 Å². The molecule has 4 nitrogen and oxygen atoms in total. The van der Waals surface area contributed by atoms with E-state index in [9.17, 15) is 14.3 Å². The molecule has 0 radical (unpaired) electrons. The minimum Gasteiger partial charge on any atom is -0.391 e. The maximum atomic E-state index is 13.1. The van der Waals surface area contributed by atoms with Crippen molar-refractivity contribution >= 4 is 17.5 Å². The summed E-state index contributed by atoms with van der Waals surface area (Å²) in [6.07, 6.45) is 0.0404. The predicted molar refractivity (Wildman–Crippen MR) is 75.4 cm³/mol. The van der Waals surface area contributed by atoms with Gasteiger partial charge >= 0.3 is 0 Å². The van der Waals surface area contributed by atoms with Crippen molar-refractivity contribution in [2.24, 2.45) is 0 Å². The third-order valence-corrected chi connectivity index (χ3v) is 3.69. The summed E-state index contributed by atoms with van der Waals surface area (Å²) in [7, 11) is 3.84. The van der Waals surface area contributed by atoms with Gasteiger partial charge in [0.2, 0.25) is 0 Å². The van der Waals surface area contributed by atoms with Gasteiger partial charge in [0.05, 0.1) is 11.1 Å².